The quantitative estimate of drug-likeness (QED) is 0.780. The number of aryl methyl sites for hydroxylation is 2. The Kier molecular flexibility index (Phi) is 5.79. The molecule has 0 fully saturated rings. The van der Waals surface area contributed by atoms with Crippen molar-refractivity contribution in [1.29, 1.82) is 0 Å². The van der Waals surface area contributed by atoms with Crippen LogP contribution in [0.4, 0.5) is 0 Å². The molecule has 0 radical (unpaired) electrons. The van der Waals surface area contributed by atoms with Crippen LogP contribution in [0.1, 0.15) is 36.8 Å². The molecule has 5 heteroatoms. The number of nitrogens with one attached hydrogen (secondary N) is 1. The summed E-state index contributed by atoms with van der Waals surface area (Å²) in [6.45, 7) is 9.24. The monoisotopic (exact) mass is 365 g/mol. The normalized spacial score (nSPS) is 12.4. The Labute approximate surface area is 139 Å². The molecule has 1 heterocycles. The third-order valence-corrected chi connectivity index (χ3v) is 4.56. The molecule has 0 spiro atoms. The molecule has 0 saturated heterocycles. The molecule has 0 saturated carbocycles. The van der Waals surface area contributed by atoms with Gasteiger partial charge in [-0.2, -0.15) is 0 Å². The smallest absolute Gasteiger partial charge is 0.192 e. The van der Waals surface area contributed by atoms with Crippen LogP contribution in [0.2, 0.25) is 0 Å². The van der Waals surface area contributed by atoms with E-state index in [-0.39, 0.29) is 0 Å². The number of aromatic nitrogens is 2. The van der Waals surface area contributed by atoms with Gasteiger partial charge < -0.3 is 5.32 Å². The van der Waals surface area contributed by atoms with Crippen LogP contribution >= 0.6 is 27.7 Å². The Morgan fingerprint density at radius 2 is 1.86 bits per heavy atom. The van der Waals surface area contributed by atoms with Crippen molar-refractivity contribution in [3.63, 3.8) is 0 Å². The van der Waals surface area contributed by atoms with Gasteiger partial charge in [0, 0.05) is 26.8 Å². The first-order chi connectivity index (χ1) is 9.99. The van der Waals surface area contributed by atoms with Gasteiger partial charge in [0.05, 0.1) is 0 Å². The number of rotatable bonds is 5. The van der Waals surface area contributed by atoms with Gasteiger partial charge in [0.25, 0.3) is 0 Å². The molecular formula is C16H20BrN3S. The summed E-state index contributed by atoms with van der Waals surface area (Å²) in [7, 11) is 0. The lowest BCUT2D eigenvalue weighted by Crippen LogP contribution is -2.18. The molecule has 1 unspecified atom stereocenters. The maximum absolute atomic E-state index is 4.52. The highest BCUT2D eigenvalue weighted by atomic mass is 79.9. The second-order valence-corrected chi connectivity index (χ2v) is 6.92. The van der Waals surface area contributed by atoms with Gasteiger partial charge in [0.2, 0.25) is 0 Å². The van der Waals surface area contributed by atoms with Crippen molar-refractivity contribution in [1.82, 2.24) is 15.3 Å². The number of hydrogen-bond acceptors (Lipinski definition) is 4. The highest BCUT2D eigenvalue weighted by molar-refractivity contribution is 9.10. The van der Waals surface area contributed by atoms with Crippen LogP contribution in [0.3, 0.4) is 0 Å². The van der Waals surface area contributed by atoms with E-state index in [0.29, 0.717) is 6.04 Å². The summed E-state index contributed by atoms with van der Waals surface area (Å²) in [5.74, 6) is 0. The molecule has 0 aliphatic carbocycles. The van der Waals surface area contributed by atoms with Crippen LogP contribution in [0, 0.1) is 13.8 Å². The van der Waals surface area contributed by atoms with Crippen LogP contribution in [0.25, 0.3) is 0 Å². The topological polar surface area (TPSA) is 37.8 Å². The fourth-order valence-electron chi connectivity index (χ4n) is 2.20. The molecule has 2 rings (SSSR count). The zero-order chi connectivity index (χ0) is 15.4. The summed E-state index contributed by atoms with van der Waals surface area (Å²) in [5.41, 5.74) is 3.27. The first kappa shape index (κ1) is 16.5. The first-order valence-corrected chi connectivity index (χ1v) is 8.63. The van der Waals surface area contributed by atoms with Gasteiger partial charge in [0.15, 0.2) is 5.16 Å². The molecule has 0 amide bonds. The summed E-state index contributed by atoms with van der Waals surface area (Å²) in [4.78, 5) is 10.2. The highest BCUT2D eigenvalue weighted by Crippen LogP contribution is 2.33. The molecule has 21 heavy (non-hydrogen) atoms. The fraction of sp³-hybridized carbons (Fsp3) is 0.375. The van der Waals surface area contributed by atoms with E-state index in [1.54, 1.807) is 11.8 Å². The fourth-order valence-corrected chi connectivity index (χ4v) is 3.65. The van der Waals surface area contributed by atoms with Crippen LogP contribution in [-0.2, 0) is 0 Å². The molecule has 1 atom stereocenters. The van der Waals surface area contributed by atoms with Crippen molar-refractivity contribution in [3.8, 4) is 0 Å². The van der Waals surface area contributed by atoms with Crippen molar-refractivity contribution in [2.75, 3.05) is 6.54 Å². The lowest BCUT2D eigenvalue weighted by atomic mass is 10.1. The van der Waals surface area contributed by atoms with E-state index in [2.05, 4.69) is 63.3 Å². The standard InChI is InChI=1S/C16H20BrN3S/c1-5-18-12(4)14-9-13(17)6-7-15(14)21-16-19-10(2)8-11(3)20-16/h6-9,12,18H,5H2,1-4H3. The van der Waals surface area contributed by atoms with E-state index >= 15 is 0 Å². The Morgan fingerprint density at radius 1 is 1.19 bits per heavy atom. The molecule has 3 nitrogen and oxygen atoms in total. The summed E-state index contributed by atoms with van der Waals surface area (Å²) < 4.78 is 1.09. The summed E-state index contributed by atoms with van der Waals surface area (Å²) in [6, 6.07) is 8.64. The zero-order valence-corrected chi connectivity index (χ0v) is 15.2. The lowest BCUT2D eigenvalue weighted by molar-refractivity contribution is 0.589. The number of hydrogen-bond donors (Lipinski definition) is 1. The third kappa shape index (κ3) is 4.53. The van der Waals surface area contributed by atoms with Gasteiger partial charge in [-0.25, -0.2) is 9.97 Å². The van der Waals surface area contributed by atoms with E-state index in [9.17, 15) is 0 Å². The molecular weight excluding hydrogens is 346 g/mol. The highest BCUT2D eigenvalue weighted by Gasteiger charge is 2.13. The van der Waals surface area contributed by atoms with Crippen LogP contribution in [-0.4, -0.2) is 16.5 Å². The van der Waals surface area contributed by atoms with Crippen molar-refractivity contribution in [2.24, 2.45) is 0 Å². The number of nitrogens with zero attached hydrogens (tertiary/aromatic N) is 2. The van der Waals surface area contributed by atoms with Crippen molar-refractivity contribution < 1.29 is 0 Å². The van der Waals surface area contributed by atoms with Crippen LogP contribution in [0.15, 0.2) is 38.8 Å². The first-order valence-electron chi connectivity index (χ1n) is 7.02. The molecule has 0 bridgehead atoms. The molecule has 112 valence electrons. The zero-order valence-electron chi connectivity index (χ0n) is 12.8. The minimum absolute atomic E-state index is 0.293. The van der Waals surface area contributed by atoms with E-state index in [1.807, 2.05) is 19.9 Å². The second kappa shape index (κ2) is 7.38. The summed E-state index contributed by atoms with van der Waals surface area (Å²) >= 11 is 5.18. The molecule has 0 aliphatic heterocycles. The van der Waals surface area contributed by atoms with Crippen LogP contribution < -0.4 is 5.32 Å². The summed E-state index contributed by atoms with van der Waals surface area (Å²) in [6.07, 6.45) is 0. The van der Waals surface area contributed by atoms with E-state index in [0.717, 1.165) is 27.6 Å². The van der Waals surface area contributed by atoms with Gasteiger partial charge in [-0.1, -0.05) is 22.9 Å². The van der Waals surface area contributed by atoms with Gasteiger partial charge in [-0.3, -0.25) is 0 Å². The van der Waals surface area contributed by atoms with Gasteiger partial charge in [-0.05, 0) is 68.9 Å². The Morgan fingerprint density at radius 3 is 2.48 bits per heavy atom. The third-order valence-electron chi connectivity index (χ3n) is 3.11. The Bertz CT molecular complexity index is 611. The molecule has 1 aromatic heterocycles. The average molecular weight is 366 g/mol. The molecule has 2 aromatic rings. The lowest BCUT2D eigenvalue weighted by Gasteiger charge is -2.17. The van der Waals surface area contributed by atoms with E-state index < -0.39 is 0 Å². The van der Waals surface area contributed by atoms with Crippen molar-refractivity contribution >= 4 is 27.7 Å². The van der Waals surface area contributed by atoms with Crippen molar-refractivity contribution in [3.05, 3.63) is 45.7 Å². The van der Waals surface area contributed by atoms with Gasteiger partial charge in [0.1, 0.15) is 0 Å². The predicted molar refractivity (Wildman–Crippen MR) is 91.9 cm³/mol. The maximum atomic E-state index is 4.52. The molecule has 1 aromatic carbocycles. The van der Waals surface area contributed by atoms with Crippen LogP contribution in [0.5, 0.6) is 0 Å². The van der Waals surface area contributed by atoms with Gasteiger partial charge >= 0.3 is 0 Å². The summed E-state index contributed by atoms with van der Waals surface area (Å²) in [5, 5.41) is 4.27. The van der Waals surface area contributed by atoms with E-state index in [1.165, 1.54) is 10.5 Å². The second-order valence-electron chi connectivity index (χ2n) is 5.00. The number of halogens is 1. The van der Waals surface area contributed by atoms with Crippen molar-refractivity contribution in [2.45, 2.75) is 43.8 Å². The Hall–Kier alpha value is -0.910. The largest absolute Gasteiger partial charge is 0.310 e. The van der Waals surface area contributed by atoms with Gasteiger partial charge in [-0.15, -0.1) is 0 Å². The average Bonchev–Trinajstić information content (AvgIpc) is 2.40. The number of benzene rings is 1. The predicted octanol–water partition coefficient (Wildman–Crippen LogP) is 4.68. The minimum atomic E-state index is 0.293. The SMILES string of the molecule is CCNC(C)c1cc(Br)ccc1Sc1nc(C)cc(C)n1. The molecule has 1 N–H and O–H groups in total. The maximum Gasteiger partial charge on any atom is 0.192 e. The minimum Gasteiger partial charge on any atom is -0.310 e. The Balaban J connectivity index is 2.34. The van der Waals surface area contributed by atoms with E-state index in [4.69, 9.17) is 0 Å². The molecule has 0 aliphatic rings.